The topological polar surface area (TPSA) is 23.6 Å². The first-order valence-corrected chi connectivity index (χ1v) is 7.46. The molecule has 1 fully saturated rings. The molecule has 1 aromatic carbocycles. The average molecular weight is 274 g/mol. The van der Waals surface area contributed by atoms with Crippen LogP contribution in [0.2, 0.25) is 0 Å². The van der Waals surface area contributed by atoms with Crippen molar-refractivity contribution in [1.82, 2.24) is 4.90 Å². The first kappa shape index (κ1) is 14.9. The van der Waals surface area contributed by atoms with Gasteiger partial charge >= 0.3 is 0 Å². The minimum absolute atomic E-state index is 0.0664. The van der Waals surface area contributed by atoms with E-state index in [1.807, 2.05) is 11.0 Å². The van der Waals surface area contributed by atoms with Gasteiger partial charge in [0.25, 0.3) is 0 Å². The van der Waals surface area contributed by atoms with Gasteiger partial charge in [-0.1, -0.05) is 39.0 Å². The minimum Gasteiger partial charge on any atom is -0.365 e. The quantitative estimate of drug-likeness (QED) is 0.827. The van der Waals surface area contributed by atoms with Crippen molar-refractivity contribution in [3.8, 4) is 0 Å². The van der Waals surface area contributed by atoms with Gasteiger partial charge in [0.2, 0.25) is 5.91 Å². The van der Waals surface area contributed by atoms with Crippen LogP contribution in [0, 0.1) is 5.41 Å². The number of hydrogen-bond acceptors (Lipinski definition) is 2. The number of para-hydroxylation sites is 1. The Morgan fingerprint density at radius 1 is 1.20 bits per heavy atom. The van der Waals surface area contributed by atoms with Gasteiger partial charge in [-0.25, -0.2) is 0 Å². The number of nitrogens with zero attached hydrogens (tertiary/aromatic N) is 2. The molecule has 0 spiro atoms. The molecule has 0 saturated carbocycles. The van der Waals surface area contributed by atoms with Crippen LogP contribution in [-0.2, 0) is 4.79 Å². The Kier molecular flexibility index (Phi) is 4.36. The second-order valence-electron chi connectivity index (χ2n) is 6.96. The molecule has 1 amide bonds. The zero-order valence-corrected chi connectivity index (χ0v) is 13.1. The number of carbonyl (C=O) groups is 1. The van der Waals surface area contributed by atoms with Crippen molar-refractivity contribution in [1.29, 1.82) is 0 Å². The Morgan fingerprint density at radius 3 is 2.40 bits per heavy atom. The Morgan fingerprint density at radius 2 is 1.85 bits per heavy atom. The molecule has 1 saturated heterocycles. The van der Waals surface area contributed by atoms with Crippen molar-refractivity contribution < 1.29 is 4.79 Å². The van der Waals surface area contributed by atoms with Crippen molar-refractivity contribution in [3.05, 3.63) is 30.3 Å². The second-order valence-corrected chi connectivity index (χ2v) is 6.96. The van der Waals surface area contributed by atoms with Crippen LogP contribution in [0.5, 0.6) is 0 Å². The fraction of sp³-hybridized carbons (Fsp3) is 0.588. The van der Waals surface area contributed by atoms with Crippen molar-refractivity contribution in [3.63, 3.8) is 0 Å². The molecule has 0 aromatic heterocycles. The zero-order chi connectivity index (χ0) is 14.8. The number of piperazine rings is 1. The zero-order valence-electron chi connectivity index (χ0n) is 13.1. The molecule has 1 atom stereocenters. The van der Waals surface area contributed by atoms with Gasteiger partial charge in [0.1, 0.15) is 0 Å². The molecular weight excluding hydrogens is 248 g/mol. The lowest BCUT2D eigenvalue weighted by molar-refractivity contribution is -0.133. The lowest BCUT2D eigenvalue weighted by atomic mass is 9.91. The van der Waals surface area contributed by atoms with Gasteiger partial charge in [0, 0.05) is 37.8 Å². The Bertz CT molecular complexity index is 450. The Labute approximate surface area is 122 Å². The molecule has 0 bridgehead atoms. The van der Waals surface area contributed by atoms with E-state index in [9.17, 15) is 4.79 Å². The molecular formula is C17H26N2O. The van der Waals surface area contributed by atoms with Gasteiger partial charge in [-0.15, -0.1) is 0 Å². The third-order valence-electron chi connectivity index (χ3n) is 3.75. The van der Waals surface area contributed by atoms with Crippen LogP contribution >= 0.6 is 0 Å². The summed E-state index contributed by atoms with van der Waals surface area (Å²) in [6.45, 7) is 11.1. The van der Waals surface area contributed by atoms with Gasteiger partial charge in [-0.3, -0.25) is 4.79 Å². The van der Waals surface area contributed by atoms with Crippen LogP contribution in [0.1, 0.15) is 34.1 Å². The molecule has 1 aliphatic rings. The molecule has 0 radical (unpaired) electrons. The number of carbonyl (C=O) groups excluding carboxylic acids is 1. The molecule has 1 aromatic rings. The highest BCUT2D eigenvalue weighted by atomic mass is 16.2. The summed E-state index contributed by atoms with van der Waals surface area (Å²) in [5, 5.41) is 0. The van der Waals surface area contributed by atoms with Gasteiger partial charge in [-0.05, 0) is 24.5 Å². The highest BCUT2D eigenvalue weighted by molar-refractivity contribution is 5.77. The SMILES string of the molecule is CC1CN(C(=O)CC(C)(C)C)CCN1c1ccccc1. The van der Waals surface area contributed by atoms with E-state index in [1.165, 1.54) is 5.69 Å². The van der Waals surface area contributed by atoms with Crippen molar-refractivity contribution in [2.24, 2.45) is 5.41 Å². The van der Waals surface area contributed by atoms with Crippen molar-refractivity contribution in [2.45, 2.75) is 40.2 Å². The molecule has 110 valence electrons. The fourth-order valence-electron chi connectivity index (χ4n) is 2.75. The molecule has 0 aliphatic carbocycles. The van der Waals surface area contributed by atoms with Crippen LogP contribution < -0.4 is 4.90 Å². The Hall–Kier alpha value is -1.51. The number of rotatable bonds is 2. The summed E-state index contributed by atoms with van der Waals surface area (Å²) in [5.74, 6) is 0.289. The molecule has 1 aliphatic heterocycles. The highest BCUT2D eigenvalue weighted by Gasteiger charge is 2.28. The van der Waals surface area contributed by atoms with Crippen LogP contribution in [0.15, 0.2) is 30.3 Å². The van der Waals surface area contributed by atoms with E-state index in [-0.39, 0.29) is 11.3 Å². The largest absolute Gasteiger partial charge is 0.365 e. The maximum absolute atomic E-state index is 12.3. The van der Waals surface area contributed by atoms with E-state index in [0.717, 1.165) is 19.6 Å². The lowest BCUT2D eigenvalue weighted by Crippen LogP contribution is -2.54. The van der Waals surface area contributed by atoms with E-state index in [4.69, 9.17) is 0 Å². The standard InChI is InChI=1S/C17H26N2O/c1-14-13-18(16(20)12-17(2,3)4)10-11-19(14)15-8-6-5-7-9-15/h5-9,14H,10-13H2,1-4H3. The number of benzene rings is 1. The first-order valence-electron chi connectivity index (χ1n) is 7.46. The molecule has 0 N–H and O–H groups in total. The van der Waals surface area contributed by atoms with Gasteiger partial charge in [0.05, 0.1) is 0 Å². The molecule has 1 heterocycles. The van der Waals surface area contributed by atoms with E-state index in [2.05, 4.69) is 56.9 Å². The minimum atomic E-state index is 0.0664. The summed E-state index contributed by atoms with van der Waals surface area (Å²) in [6, 6.07) is 10.8. The normalized spacial score (nSPS) is 20.1. The van der Waals surface area contributed by atoms with Gasteiger partial charge in [0.15, 0.2) is 0 Å². The second kappa shape index (κ2) is 5.86. The van der Waals surface area contributed by atoms with Crippen molar-refractivity contribution in [2.75, 3.05) is 24.5 Å². The fourth-order valence-corrected chi connectivity index (χ4v) is 2.75. The third kappa shape index (κ3) is 3.75. The molecule has 20 heavy (non-hydrogen) atoms. The van der Waals surface area contributed by atoms with Gasteiger partial charge < -0.3 is 9.80 Å². The predicted molar refractivity (Wildman–Crippen MR) is 83.9 cm³/mol. The third-order valence-corrected chi connectivity index (χ3v) is 3.75. The lowest BCUT2D eigenvalue weighted by Gasteiger charge is -2.42. The van der Waals surface area contributed by atoms with Gasteiger partial charge in [-0.2, -0.15) is 0 Å². The maximum Gasteiger partial charge on any atom is 0.223 e. The van der Waals surface area contributed by atoms with Crippen LogP contribution in [0.3, 0.4) is 0 Å². The first-order chi connectivity index (χ1) is 9.37. The Balaban J connectivity index is 1.97. The summed E-state index contributed by atoms with van der Waals surface area (Å²) < 4.78 is 0. The van der Waals surface area contributed by atoms with Crippen LogP contribution in [0.4, 0.5) is 5.69 Å². The monoisotopic (exact) mass is 274 g/mol. The highest BCUT2D eigenvalue weighted by Crippen LogP contribution is 2.23. The number of anilines is 1. The molecule has 3 nitrogen and oxygen atoms in total. The van der Waals surface area contributed by atoms with E-state index in [1.54, 1.807) is 0 Å². The smallest absolute Gasteiger partial charge is 0.223 e. The van der Waals surface area contributed by atoms with Crippen molar-refractivity contribution >= 4 is 11.6 Å². The number of amides is 1. The maximum atomic E-state index is 12.3. The summed E-state index contributed by atoms with van der Waals surface area (Å²) in [7, 11) is 0. The molecule has 2 rings (SSSR count). The molecule has 1 unspecified atom stereocenters. The predicted octanol–water partition coefficient (Wildman–Crippen LogP) is 3.16. The summed E-state index contributed by atoms with van der Waals surface area (Å²) >= 11 is 0. The molecule has 3 heteroatoms. The van der Waals surface area contributed by atoms with E-state index in [0.29, 0.717) is 12.5 Å². The van der Waals surface area contributed by atoms with E-state index < -0.39 is 0 Å². The number of hydrogen-bond donors (Lipinski definition) is 0. The van der Waals surface area contributed by atoms with Crippen LogP contribution in [-0.4, -0.2) is 36.5 Å². The van der Waals surface area contributed by atoms with E-state index >= 15 is 0 Å². The summed E-state index contributed by atoms with van der Waals surface area (Å²) in [6.07, 6.45) is 0.630. The summed E-state index contributed by atoms with van der Waals surface area (Å²) in [4.78, 5) is 16.7. The summed E-state index contributed by atoms with van der Waals surface area (Å²) in [5.41, 5.74) is 1.32. The van der Waals surface area contributed by atoms with Crippen LogP contribution in [0.25, 0.3) is 0 Å². The average Bonchev–Trinajstić information content (AvgIpc) is 2.37.